The van der Waals surface area contributed by atoms with Gasteiger partial charge in [0.2, 0.25) is 5.91 Å². The fourth-order valence-corrected chi connectivity index (χ4v) is 1.74. The molecule has 1 N–H and O–H groups in total. The third-order valence-electron chi connectivity index (χ3n) is 2.97. The Morgan fingerprint density at radius 3 is 2.45 bits per heavy atom. The van der Waals surface area contributed by atoms with Gasteiger partial charge in [-0.2, -0.15) is 0 Å². The maximum absolute atomic E-state index is 11.8. The van der Waals surface area contributed by atoms with E-state index in [1.54, 1.807) is 0 Å². The predicted molar refractivity (Wildman–Crippen MR) is 78.4 cm³/mol. The molecule has 0 atom stereocenters. The fourth-order valence-electron chi connectivity index (χ4n) is 1.74. The number of ether oxygens (including phenoxy) is 1. The summed E-state index contributed by atoms with van der Waals surface area (Å²) in [5, 5.41) is 2.82. The SMILES string of the molecule is COC(=O)CN(CCC(=O)Nc1ccccc1)C(C)C. The van der Waals surface area contributed by atoms with E-state index in [1.165, 1.54) is 7.11 Å². The van der Waals surface area contributed by atoms with Crippen LogP contribution in [0.2, 0.25) is 0 Å². The molecule has 0 aromatic heterocycles. The second kappa shape index (κ2) is 8.32. The number of amides is 1. The summed E-state index contributed by atoms with van der Waals surface area (Å²) in [6, 6.07) is 9.49. The maximum Gasteiger partial charge on any atom is 0.319 e. The Hall–Kier alpha value is -1.88. The summed E-state index contributed by atoms with van der Waals surface area (Å²) in [5.74, 6) is -0.353. The van der Waals surface area contributed by atoms with Crippen LogP contribution in [0.3, 0.4) is 0 Å². The molecule has 1 rings (SSSR count). The monoisotopic (exact) mass is 278 g/mol. The molecule has 0 spiro atoms. The number of hydrogen-bond acceptors (Lipinski definition) is 4. The average molecular weight is 278 g/mol. The summed E-state index contributed by atoms with van der Waals surface area (Å²) in [4.78, 5) is 25.1. The van der Waals surface area contributed by atoms with E-state index in [0.717, 1.165) is 5.69 Å². The Balaban J connectivity index is 2.42. The molecule has 1 aromatic rings. The smallest absolute Gasteiger partial charge is 0.319 e. The summed E-state index contributed by atoms with van der Waals surface area (Å²) >= 11 is 0. The third-order valence-corrected chi connectivity index (χ3v) is 2.97. The molecule has 0 saturated heterocycles. The van der Waals surface area contributed by atoms with Gasteiger partial charge in [-0.3, -0.25) is 14.5 Å². The number of benzene rings is 1. The first kappa shape index (κ1) is 16.2. The molecule has 0 aliphatic rings. The van der Waals surface area contributed by atoms with Crippen LogP contribution in [-0.4, -0.2) is 43.0 Å². The zero-order valence-electron chi connectivity index (χ0n) is 12.3. The van der Waals surface area contributed by atoms with Crippen LogP contribution >= 0.6 is 0 Å². The van der Waals surface area contributed by atoms with Gasteiger partial charge in [0.25, 0.3) is 0 Å². The lowest BCUT2D eigenvalue weighted by molar-refractivity contribution is -0.142. The molecule has 1 amide bonds. The largest absolute Gasteiger partial charge is 0.468 e. The molecule has 0 heterocycles. The van der Waals surface area contributed by atoms with Crippen molar-refractivity contribution in [3.05, 3.63) is 30.3 Å². The zero-order valence-corrected chi connectivity index (χ0v) is 12.3. The van der Waals surface area contributed by atoms with Crippen molar-refractivity contribution in [2.24, 2.45) is 0 Å². The van der Waals surface area contributed by atoms with Crippen LogP contribution in [0, 0.1) is 0 Å². The summed E-state index contributed by atoms with van der Waals surface area (Å²) < 4.78 is 4.65. The normalized spacial score (nSPS) is 10.7. The molecule has 0 saturated carbocycles. The summed E-state index contributed by atoms with van der Waals surface area (Å²) in [6.45, 7) is 4.69. The molecule has 0 fully saturated rings. The number of esters is 1. The van der Waals surface area contributed by atoms with Crippen LogP contribution in [0.4, 0.5) is 5.69 Å². The fraction of sp³-hybridized carbons (Fsp3) is 0.467. The molecule has 0 unspecified atom stereocenters. The highest BCUT2D eigenvalue weighted by Crippen LogP contribution is 2.06. The topological polar surface area (TPSA) is 58.6 Å². The van der Waals surface area contributed by atoms with Gasteiger partial charge >= 0.3 is 5.97 Å². The van der Waals surface area contributed by atoms with Crippen LogP contribution in [-0.2, 0) is 14.3 Å². The Morgan fingerprint density at radius 1 is 1.25 bits per heavy atom. The maximum atomic E-state index is 11.8. The minimum absolute atomic E-state index is 0.0632. The van der Waals surface area contributed by atoms with Crippen molar-refractivity contribution >= 4 is 17.6 Å². The quantitative estimate of drug-likeness (QED) is 0.774. The standard InChI is InChI=1S/C15H22N2O3/c1-12(2)17(11-15(19)20-3)10-9-14(18)16-13-7-5-4-6-8-13/h4-8,12H,9-11H2,1-3H3,(H,16,18). The van der Waals surface area contributed by atoms with Crippen LogP contribution < -0.4 is 5.32 Å². The highest BCUT2D eigenvalue weighted by Gasteiger charge is 2.15. The van der Waals surface area contributed by atoms with Crippen LogP contribution in [0.5, 0.6) is 0 Å². The average Bonchev–Trinajstić information content (AvgIpc) is 2.43. The van der Waals surface area contributed by atoms with Gasteiger partial charge in [-0.05, 0) is 26.0 Å². The van der Waals surface area contributed by atoms with Crippen molar-refractivity contribution in [2.45, 2.75) is 26.3 Å². The Kier molecular flexibility index (Phi) is 6.73. The molecular formula is C15H22N2O3. The predicted octanol–water partition coefficient (Wildman–Crippen LogP) is 1.90. The summed E-state index contributed by atoms with van der Waals surface area (Å²) in [7, 11) is 1.36. The zero-order chi connectivity index (χ0) is 15.0. The Bertz CT molecular complexity index is 432. The van der Waals surface area contributed by atoms with E-state index in [4.69, 9.17) is 0 Å². The lowest BCUT2D eigenvalue weighted by Crippen LogP contribution is -2.38. The second-order valence-corrected chi connectivity index (χ2v) is 4.80. The molecule has 0 aliphatic carbocycles. The van der Waals surface area contributed by atoms with E-state index < -0.39 is 0 Å². The van der Waals surface area contributed by atoms with E-state index in [-0.39, 0.29) is 24.5 Å². The molecule has 20 heavy (non-hydrogen) atoms. The van der Waals surface area contributed by atoms with Crippen molar-refractivity contribution in [3.8, 4) is 0 Å². The van der Waals surface area contributed by atoms with Crippen LogP contribution in [0.25, 0.3) is 0 Å². The number of methoxy groups -OCH3 is 1. The first-order valence-corrected chi connectivity index (χ1v) is 6.68. The number of carbonyl (C=O) groups is 2. The summed E-state index contributed by atoms with van der Waals surface area (Å²) in [6.07, 6.45) is 0.337. The third kappa shape index (κ3) is 5.84. The molecule has 0 aliphatic heterocycles. The van der Waals surface area contributed by atoms with Gasteiger partial charge in [-0.15, -0.1) is 0 Å². The van der Waals surface area contributed by atoms with Gasteiger partial charge in [0.15, 0.2) is 0 Å². The number of carbonyl (C=O) groups excluding carboxylic acids is 2. The Morgan fingerprint density at radius 2 is 1.90 bits per heavy atom. The van der Waals surface area contributed by atoms with Crippen molar-refractivity contribution in [1.82, 2.24) is 4.90 Å². The van der Waals surface area contributed by atoms with Crippen molar-refractivity contribution in [2.75, 3.05) is 25.5 Å². The first-order valence-electron chi connectivity index (χ1n) is 6.68. The number of anilines is 1. The van der Waals surface area contributed by atoms with Gasteiger partial charge < -0.3 is 10.1 Å². The molecular weight excluding hydrogens is 256 g/mol. The van der Waals surface area contributed by atoms with E-state index in [1.807, 2.05) is 49.1 Å². The molecule has 1 aromatic carbocycles. The van der Waals surface area contributed by atoms with Crippen molar-refractivity contribution < 1.29 is 14.3 Å². The van der Waals surface area contributed by atoms with E-state index in [2.05, 4.69) is 10.1 Å². The highest BCUT2D eigenvalue weighted by atomic mass is 16.5. The van der Waals surface area contributed by atoms with Gasteiger partial charge in [-0.1, -0.05) is 18.2 Å². The van der Waals surface area contributed by atoms with E-state index in [0.29, 0.717) is 13.0 Å². The van der Waals surface area contributed by atoms with Gasteiger partial charge in [0.05, 0.1) is 13.7 Å². The van der Waals surface area contributed by atoms with Crippen molar-refractivity contribution in [3.63, 3.8) is 0 Å². The second-order valence-electron chi connectivity index (χ2n) is 4.80. The van der Waals surface area contributed by atoms with Gasteiger partial charge in [0.1, 0.15) is 0 Å². The van der Waals surface area contributed by atoms with E-state index in [9.17, 15) is 9.59 Å². The molecule has 0 radical (unpaired) electrons. The van der Waals surface area contributed by atoms with Gasteiger partial charge in [0, 0.05) is 24.7 Å². The number of nitrogens with one attached hydrogen (secondary N) is 1. The molecule has 110 valence electrons. The van der Waals surface area contributed by atoms with Crippen LogP contribution in [0.15, 0.2) is 30.3 Å². The molecule has 5 nitrogen and oxygen atoms in total. The first-order chi connectivity index (χ1) is 9.52. The number of hydrogen-bond donors (Lipinski definition) is 1. The Labute approximate surface area is 119 Å². The lowest BCUT2D eigenvalue weighted by Gasteiger charge is -2.24. The minimum Gasteiger partial charge on any atom is -0.468 e. The summed E-state index contributed by atoms with van der Waals surface area (Å²) in [5.41, 5.74) is 0.779. The molecule has 5 heteroatoms. The highest BCUT2D eigenvalue weighted by molar-refractivity contribution is 5.90. The lowest BCUT2D eigenvalue weighted by atomic mass is 10.2. The minimum atomic E-state index is -0.290. The number of rotatable bonds is 7. The number of nitrogens with zero attached hydrogens (tertiary/aromatic N) is 1. The van der Waals surface area contributed by atoms with Crippen molar-refractivity contribution in [1.29, 1.82) is 0 Å². The van der Waals surface area contributed by atoms with Gasteiger partial charge in [-0.25, -0.2) is 0 Å². The molecule has 0 bridgehead atoms. The van der Waals surface area contributed by atoms with Crippen LogP contribution in [0.1, 0.15) is 20.3 Å². The number of para-hydroxylation sites is 1. The van der Waals surface area contributed by atoms with E-state index >= 15 is 0 Å².